The summed E-state index contributed by atoms with van der Waals surface area (Å²) in [5, 5.41) is 0. The fourth-order valence-electron chi connectivity index (χ4n) is 3.35. The summed E-state index contributed by atoms with van der Waals surface area (Å²) in [5.74, 6) is 2.28. The fourth-order valence-corrected chi connectivity index (χ4v) is 4.35. The summed E-state index contributed by atoms with van der Waals surface area (Å²) in [6.45, 7) is 1.26. The summed E-state index contributed by atoms with van der Waals surface area (Å²) in [4.78, 5) is 23.4. The summed E-state index contributed by atoms with van der Waals surface area (Å²) in [6.07, 6.45) is 0. The van der Waals surface area contributed by atoms with Crippen LogP contribution >= 0.6 is 11.3 Å². The number of hydrogen-bond donors (Lipinski definition) is 1. The number of thiophene rings is 1. The predicted molar refractivity (Wildman–Crippen MR) is 120 cm³/mol. The molecule has 0 saturated heterocycles. The molecular formula is C23H23N3O3S. The standard InChI is InChI=1S/C23H23N3O3S/c1-26(13-15-5-4-6-18(11-15)29-3)14-21-24-19-12-20(30-22(19)23(27)25-21)16-7-9-17(28-2)10-8-16/h4-12H,13-14H2,1-3H3,(H,24,25,27). The van der Waals surface area contributed by atoms with Crippen LogP contribution < -0.4 is 15.0 Å². The number of benzene rings is 2. The maximum Gasteiger partial charge on any atom is 0.268 e. The lowest BCUT2D eigenvalue weighted by Gasteiger charge is -2.16. The van der Waals surface area contributed by atoms with Gasteiger partial charge in [-0.25, -0.2) is 4.98 Å². The molecule has 0 aliphatic heterocycles. The molecule has 4 aromatic rings. The molecule has 2 heterocycles. The Morgan fingerprint density at radius 1 is 1.00 bits per heavy atom. The lowest BCUT2D eigenvalue weighted by atomic mass is 10.2. The fraction of sp³-hybridized carbons (Fsp3) is 0.217. The Bertz CT molecular complexity index is 1210. The van der Waals surface area contributed by atoms with Gasteiger partial charge in [0.1, 0.15) is 22.0 Å². The van der Waals surface area contributed by atoms with E-state index in [9.17, 15) is 4.79 Å². The van der Waals surface area contributed by atoms with Gasteiger partial charge in [-0.2, -0.15) is 0 Å². The van der Waals surface area contributed by atoms with Crippen LogP contribution in [0.5, 0.6) is 11.5 Å². The first-order chi connectivity index (χ1) is 14.6. The molecule has 2 aromatic carbocycles. The van der Waals surface area contributed by atoms with Crippen molar-refractivity contribution in [2.75, 3.05) is 21.3 Å². The van der Waals surface area contributed by atoms with Crippen LogP contribution in [0.1, 0.15) is 11.4 Å². The van der Waals surface area contributed by atoms with E-state index in [1.54, 1.807) is 14.2 Å². The van der Waals surface area contributed by atoms with Gasteiger partial charge in [0.25, 0.3) is 5.56 Å². The van der Waals surface area contributed by atoms with Crippen LogP contribution in [-0.4, -0.2) is 36.1 Å². The number of hydrogen-bond acceptors (Lipinski definition) is 6. The maximum absolute atomic E-state index is 12.6. The number of nitrogens with zero attached hydrogens (tertiary/aromatic N) is 2. The molecule has 0 fully saturated rings. The van der Waals surface area contributed by atoms with Gasteiger partial charge in [-0.15, -0.1) is 11.3 Å². The first kappa shape index (κ1) is 20.1. The van der Waals surface area contributed by atoms with Crippen molar-refractivity contribution in [1.29, 1.82) is 0 Å². The molecule has 0 aliphatic carbocycles. The van der Waals surface area contributed by atoms with Crippen LogP contribution in [0, 0.1) is 0 Å². The first-order valence-corrected chi connectivity index (χ1v) is 10.4. The van der Waals surface area contributed by atoms with Crippen molar-refractivity contribution in [1.82, 2.24) is 14.9 Å². The Morgan fingerprint density at radius 2 is 1.77 bits per heavy atom. The van der Waals surface area contributed by atoms with Crippen molar-refractivity contribution in [3.8, 4) is 21.9 Å². The van der Waals surface area contributed by atoms with E-state index in [1.165, 1.54) is 11.3 Å². The van der Waals surface area contributed by atoms with Gasteiger partial charge in [0, 0.05) is 11.4 Å². The van der Waals surface area contributed by atoms with E-state index >= 15 is 0 Å². The van der Waals surface area contributed by atoms with Crippen LogP contribution in [0.2, 0.25) is 0 Å². The van der Waals surface area contributed by atoms with E-state index in [-0.39, 0.29) is 5.56 Å². The normalized spacial score (nSPS) is 11.2. The molecule has 0 atom stereocenters. The second kappa shape index (κ2) is 8.69. The van der Waals surface area contributed by atoms with E-state index in [4.69, 9.17) is 14.5 Å². The third kappa shape index (κ3) is 4.37. The number of methoxy groups -OCH3 is 2. The van der Waals surface area contributed by atoms with E-state index < -0.39 is 0 Å². The number of ether oxygens (including phenoxy) is 2. The van der Waals surface area contributed by atoms with Crippen LogP contribution in [0.4, 0.5) is 0 Å². The van der Waals surface area contributed by atoms with Crippen molar-refractivity contribution in [3.05, 3.63) is 76.3 Å². The van der Waals surface area contributed by atoms with Gasteiger partial charge >= 0.3 is 0 Å². The first-order valence-electron chi connectivity index (χ1n) is 9.54. The zero-order valence-corrected chi connectivity index (χ0v) is 18.0. The van der Waals surface area contributed by atoms with Crippen LogP contribution in [0.15, 0.2) is 59.4 Å². The number of H-pyrrole nitrogens is 1. The molecule has 0 unspecified atom stereocenters. The number of fused-ring (bicyclic) bond motifs is 1. The van der Waals surface area contributed by atoms with E-state index in [1.807, 2.05) is 55.6 Å². The Balaban J connectivity index is 1.55. The van der Waals surface area contributed by atoms with Crippen molar-refractivity contribution < 1.29 is 9.47 Å². The Morgan fingerprint density at radius 3 is 2.50 bits per heavy atom. The SMILES string of the molecule is COc1ccc(-c2cc3nc(CN(C)Cc4cccc(OC)c4)[nH]c(=O)c3s2)cc1. The van der Waals surface area contributed by atoms with Gasteiger partial charge < -0.3 is 14.5 Å². The van der Waals surface area contributed by atoms with Crippen LogP contribution in [0.3, 0.4) is 0 Å². The minimum Gasteiger partial charge on any atom is -0.497 e. The number of aromatic nitrogens is 2. The monoisotopic (exact) mass is 421 g/mol. The number of nitrogens with one attached hydrogen (secondary N) is 1. The van der Waals surface area contributed by atoms with Gasteiger partial charge in [-0.1, -0.05) is 12.1 Å². The summed E-state index contributed by atoms with van der Waals surface area (Å²) in [5.41, 5.74) is 2.79. The Hall–Kier alpha value is -3.16. The second-order valence-electron chi connectivity index (χ2n) is 7.09. The van der Waals surface area contributed by atoms with Gasteiger partial charge in [0.2, 0.25) is 0 Å². The molecule has 0 bridgehead atoms. The van der Waals surface area contributed by atoms with Crippen molar-refractivity contribution in [2.45, 2.75) is 13.1 Å². The minimum absolute atomic E-state index is 0.102. The Kier molecular flexibility index (Phi) is 5.83. The molecular weight excluding hydrogens is 398 g/mol. The minimum atomic E-state index is -0.102. The van der Waals surface area contributed by atoms with E-state index in [0.717, 1.165) is 39.6 Å². The molecule has 4 rings (SSSR count). The quantitative estimate of drug-likeness (QED) is 0.482. The zero-order chi connectivity index (χ0) is 21.1. The molecule has 154 valence electrons. The van der Waals surface area contributed by atoms with Gasteiger partial charge in [-0.05, 0) is 60.6 Å². The zero-order valence-electron chi connectivity index (χ0n) is 17.1. The molecule has 30 heavy (non-hydrogen) atoms. The molecule has 6 nitrogen and oxygen atoms in total. The van der Waals surface area contributed by atoms with E-state index in [0.29, 0.717) is 17.1 Å². The summed E-state index contributed by atoms with van der Waals surface area (Å²) < 4.78 is 11.1. The lowest BCUT2D eigenvalue weighted by Crippen LogP contribution is -2.21. The average Bonchev–Trinajstić information content (AvgIpc) is 3.18. The molecule has 7 heteroatoms. The summed E-state index contributed by atoms with van der Waals surface area (Å²) in [6, 6.07) is 17.7. The third-order valence-electron chi connectivity index (χ3n) is 4.81. The van der Waals surface area contributed by atoms with Crippen molar-refractivity contribution >= 4 is 21.6 Å². The van der Waals surface area contributed by atoms with Crippen molar-refractivity contribution in [2.24, 2.45) is 0 Å². The highest BCUT2D eigenvalue weighted by atomic mass is 32.1. The van der Waals surface area contributed by atoms with Gasteiger partial charge in [0.05, 0.1) is 26.3 Å². The third-order valence-corrected chi connectivity index (χ3v) is 5.98. The molecule has 0 radical (unpaired) electrons. The highest BCUT2D eigenvalue weighted by Gasteiger charge is 2.12. The Labute approximate surface area is 178 Å². The van der Waals surface area contributed by atoms with Crippen LogP contribution in [0.25, 0.3) is 20.7 Å². The molecule has 0 aliphatic rings. The second-order valence-corrected chi connectivity index (χ2v) is 8.14. The highest BCUT2D eigenvalue weighted by molar-refractivity contribution is 7.22. The molecule has 0 amide bonds. The predicted octanol–water partition coefficient (Wildman–Crippen LogP) is 4.30. The molecule has 1 N–H and O–H groups in total. The largest absolute Gasteiger partial charge is 0.497 e. The summed E-state index contributed by atoms with van der Waals surface area (Å²) in [7, 11) is 5.30. The highest BCUT2D eigenvalue weighted by Crippen LogP contribution is 2.31. The topological polar surface area (TPSA) is 67.5 Å². The van der Waals surface area contributed by atoms with Gasteiger partial charge in [-0.3, -0.25) is 9.69 Å². The van der Waals surface area contributed by atoms with Crippen LogP contribution in [-0.2, 0) is 13.1 Å². The summed E-state index contributed by atoms with van der Waals surface area (Å²) >= 11 is 1.45. The molecule has 0 saturated carbocycles. The van der Waals surface area contributed by atoms with Gasteiger partial charge in [0.15, 0.2) is 0 Å². The average molecular weight is 422 g/mol. The van der Waals surface area contributed by atoms with E-state index in [2.05, 4.69) is 16.0 Å². The molecule has 2 aromatic heterocycles. The number of aromatic amines is 1. The smallest absolute Gasteiger partial charge is 0.268 e. The number of rotatable bonds is 7. The van der Waals surface area contributed by atoms with Crippen molar-refractivity contribution in [3.63, 3.8) is 0 Å². The molecule has 0 spiro atoms. The maximum atomic E-state index is 12.6. The lowest BCUT2D eigenvalue weighted by molar-refractivity contribution is 0.310.